The second-order valence-corrected chi connectivity index (χ2v) is 4.96. The fourth-order valence-electron chi connectivity index (χ4n) is 3.66. The van der Waals surface area contributed by atoms with Gasteiger partial charge in [0.25, 0.3) is 0 Å². The van der Waals surface area contributed by atoms with E-state index in [0.29, 0.717) is 6.10 Å². The number of methoxy groups -OCH3 is 1. The zero-order chi connectivity index (χ0) is 9.97. The van der Waals surface area contributed by atoms with Crippen molar-refractivity contribution in [3.8, 4) is 0 Å². The molecule has 2 N–H and O–H groups in total. The van der Waals surface area contributed by atoms with Gasteiger partial charge in [0.1, 0.15) is 0 Å². The second kappa shape index (κ2) is 4.63. The zero-order valence-corrected chi connectivity index (χ0v) is 9.24. The van der Waals surface area contributed by atoms with Gasteiger partial charge in [-0.05, 0) is 50.0 Å². The minimum absolute atomic E-state index is 0.534. The molecule has 14 heavy (non-hydrogen) atoms. The van der Waals surface area contributed by atoms with Crippen molar-refractivity contribution in [1.82, 2.24) is 0 Å². The Hall–Kier alpha value is -0.0800. The molecule has 2 heteroatoms. The molecule has 0 aromatic carbocycles. The zero-order valence-electron chi connectivity index (χ0n) is 9.24. The predicted octanol–water partition coefficient (Wildman–Crippen LogP) is 2.18. The van der Waals surface area contributed by atoms with Gasteiger partial charge in [0, 0.05) is 7.11 Å². The Morgan fingerprint density at radius 3 is 2.50 bits per heavy atom. The van der Waals surface area contributed by atoms with E-state index in [0.717, 1.165) is 24.3 Å². The van der Waals surface area contributed by atoms with Crippen LogP contribution in [0.2, 0.25) is 0 Å². The molecule has 0 radical (unpaired) electrons. The molecule has 0 spiro atoms. The van der Waals surface area contributed by atoms with Crippen molar-refractivity contribution in [2.24, 2.45) is 23.5 Å². The highest BCUT2D eigenvalue weighted by molar-refractivity contribution is 4.90. The molecule has 4 atom stereocenters. The Morgan fingerprint density at radius 2 is 1.79 bits per heavy atom. The molecule has 2 nitrogen and oxygen atoms in total. The summed E-state index contributed by atoms with van der Waals surface area (Å²) in [4.78, 5) is 0. The SMILES string of the molecule is COC1CCCC1C1CCCC1CN. The van der Waals surface area contributed by atoms with Gasteiger partial charge in [-0.25, -0.2) is 0 Å². The van der Waals surface area contributed by atoms with Gasteiger partial charge < -0.3 is 10.5 Å². The molecule has 0 heterocycles. The largest absolute Gasteiger partial charge is 0.381 e. The van der Waals surface area contributed by atoms with E-state index >= 15 is 0 Å². The standard InChI is InChI=1S/C12H23NO/c1-14-12-7-3-6-11(12)10-5-2-4-9(10)8-13/h9-12H,2-8,13H2,1H3. The second-order valence-electron chi connectivity index (χ2n) is 4.96. The van der Waals surface area contributed by atoms with Crippen molar-refractivity contribution in [3.05, 3.63) is 0 Å². The number of hydrogen-bond donors (Lipinski definition) is 1. The third kappa shape index (κ3) is 1.82. The van der Waals surface area contributed by atoms with Crippen LogP contribution < -0.4 is 5.73 Å². The van der Waals surface area contributed by atoms with Gasteiger partial charge >= 0.3 is 0 Å². The van der Waals surface area contributed by atoms with Gasteiger partial charge in [0.15, 0.2) is 0 Å². The molecule has 0 aromatic rings. The predicted molar refractivity (Wildman–Crippen MR) is 58.0 cm³/mol. The monoisotopic (exact) mass is 197 g/mol. The van der Waals surface area contributed by atoms with Crippen LogP contribution in [-0.2, 0) is 4.74 Å². The lowest BCUT2D eigenvalue weighted by Gasteiger charge is -2.28. The van der Waals surface area contributed by atoms with E-state index in [1.165, 1.54) is 38.5 Å². The van der Waals surface area contributed by atoms with E-state index in [2.05, 4.69) is 0 Å². The summed E-state index contributed by atoms with van der Waals surface area (Å²) >= 11 is 0. The van der Waals surface area contributed by atoms with Gasteiger partial charge in [0.2, 0.25) is 0 Å². The molecule has 2 rings (SSSR count). The smallest absolute Gasteiger partial charge is 0.0602 e. The molecule has 2 saturated carbocycles. The Balaban J connectivity index is 1.98. The fraction of sp³-hybridized carbons (Fsp3) is 1.00. The molecule has 0 aliphatic heterocycles. The summed E-state index contributed by atoms with van der Waals surface area (Å²) in [6.45, 7) is 0.887. The molecular formula is C12H23NO. The van der Waals surface area contributed by atoms with Crippen LogP contribution in [0.5, 0.6) is 0 Å². The van der Waals surface area contributed by atoms with Crippen LogP contribution in [0.3, 0.4) is 0 Å². The van der Waals surface area contributed by atoms with Crippen LogP contribution in [0.1, 0.15) is 38.5 Å². The normalized spacial score (nSPS) is 43.3. The maximum absolute atomic E-state index is 5.84. The highest BCUT2D eigenvalue weighted by Gasteiger charge is 2.39. The summed E-state index contributed by atoms with van der Waals surface area (Å²) in [7, 11) is 1.87. The molecule has 2 aliphatic carbocycles. The molecule has 0 aromatic heterocycles. The van der Waals surface area contributed by atoms with Crippen LogP contribution in [-0.4, -0.2) is 19.8 Å². The third-order valence-electron chi connectivity index (χ3n) is 4.38. The van der Waals surface area contributed by atoms with Crippen LogP contribution in [0, 0.1) is 17.8 Å². The van der Waals surface area contributed by atoms with Gasteiger partial charge in [-0.15, -0.1) is 0 Å². The van der Waals surface area contributed by atoms with Crippen molar-refractivity contribution in [1.29, 1.82) is 0 Å². The van der Waals surface area contributed by atoms with Gasteiger partial charge in [0.05, 0.1) is 6.10 Å². The molecular weight excluding hydrogens is 174 g/mol. The molecule has 82 valence electrons. The van der Waals surface area contributed by atoms with Gasteiger partial charge in [-0.2, -0.15) is 0 Å². The molecule has 2 fully saturated rings. The molecule has 2 aliphatic rings. The molecule has 0 amide bonds. The van der Waals surface area contributed by atoms with Crippen molar-refractivity contribution in [3.63, 3.8) is 0 Å². The summed E-state index contributed by atoms with van der Waals surface area (Å²) in [6, 6.07) is 0. The van der Waals surface area contributed by atoms with E-state index in [4.69, 9.17) is 10.5 Å². The topological polar surface area (TPSA) is 35.2 Å². The first-order valence-electron chi connectivity index (χ1n) is 6.09. The van der Waals surface area contributed by atoms with E-state index in [1.54, 1.807) is 0 Å². The van der Waals surface area contributed by atoms with Crippen molar-refractivity contribution in [2.75, 3.05) is 13.7 Å². The average Bonchev–Trinajstić information content (AvgIpc) is 2.85. The highest BCUT2D eigenvalue weighted by Crippen LogP contribution is 2.44. The first-order valence-corrected chi connectivity index (χ1v) is 6.09. The summed E-state index contributed by atoms with van der Waals surface area (Å²) < 4.78 is 5.59. The van der Waals surface area contributed by atoms with Crippen LogP contribution in [0.4, 0.5) is 0 Å². The lowest BCUT2D eigenvalue weighted by Crippen LogP contribution is -2.30. The lowest BCUT2D eigenvalue weighted by molar-refractivity contribution is 0.0393. The van der Waals surface area contributed by atoms with Crippen LogP contribution in [0.15, 0.2) is 0 Å². The number of rotatable bonds is 3. The molecule has 0 saturated heterocycles. The number of ether oxygens (including phenoxy) is 1. The number of nitrogens with two attached hydrogens (primary N) is 1. The minimum atomic E-state index is 0.534. The maximum Gasteiger partial charge on any atom is 0.0602 e. The van der Waals surface area contributed by atoms with Crippen molar-refractivity contribution < 1.29 is 4.74 Å². The molecule has 4 unspecified atom stereocenters. The summed E-state index contributed by atoms with van der Waals surface area (Å²) in [5.41, 5.74) is 5.84. The van der Waals surface area contributed by atoms with Gasteiger partial charge in [-0.3, -0.25) is 0 Å². The summed E-state index contributed by atoms with van der Waals surface area (Å²) in [5.74, 6) is 2.47. The Morgan fingerprint density at radius 1 is 1.07 bits per heavy atom. The quantitative estimate of drug-likeness (QED) is 0.752. The third-order valence-corrected chi connectivity index (χ3v) is 4.38. The van der Waals surface area contributed by atoms with E-state index < -0.39 is 0 Å². The highest BCUT2D eigenvalue weighted by atomic mass is 16.5. The molecule has 0 bridgehead atoms. The van der Waals surface area contributed by atoms with E-state index in [-0.39, 0.29) is 0 Å². The Kier molecular flexibility index (Phi) is 3.45. The van der Waals surface area contributed by atoms with Crippen molar-refractivity contribution in [2.45, 2.75) is 44.6 Å². The Labute approximate surface area is 87.2 Å². The number of hydrogen-bond acceptors (Lipinski definition) is 2. The van der Waals surface area contributed by atoms with Crippen LogP contribution in [0.25, 0.3) is 0 Å². The minimum Gasteiger partial charge on any atom is -0.381 e. The van der Waals surface area contributed by atoms with Crippen molar-refractivity contribution >= 4 is 0 Å². The van der Waals surface area contributed by atoms with E-state index in [9.17, 15) is 0 Å². The summed E-state index contributed by atoms with van der Waals surface area (Å²) in [6.07, 6.45) is 8.68. The van der Waals surface area contributed by atoms with E-state index in [1.807, 2.05) is 7.11 Å². The maximum atomic E-state index is 5.84. The summed E-state index contributed by atoms with van der Waals surface area (Å²) in [5, 5.41) is 0. The first kappa shape index (κ1) is 10.4. The fourth-order valence-corrected chi connectivity index (χ4v) is 3.66. The lowest BCUT2D eigenvalue weighted by atomic mass is 9.81. The average molecular weight is 197 g/mol. The Bertz CT molecular complexity index is 163. The van der Waals surface area contributed by atoms with Crippen LogP contribution >= 0.6 is 0 Å². The van der Waals surface area contributed by atoms with Gasteiger partial charge in [-0.1, -0.05) is 12.8 Å². The first-order chi connectivity index (χ1) is 6.86.